The Morgan fingerprint density at radius 2 is 2.24 bits per heavy atom. The molecule has 0 spiro atoms. The van der Waals surface area contributed by atoms with Gasteiger partial charge >= 0.3 is 0 Å². The first-order valence-corrected chi connectivity index (χ1v) is 6.54. The van der Waals surface area contributed by atoms with Crippen molar-refractivity contribution in [3.8, 4) is 0 Å². The van der Waals surface area contributed by atoms with E-state index >= 15 is 0 Å². The molecule has 1 unspecified atom stereocenters. The highest BCUT2D eigenvalue weighted by atomic mass is 16.2. The maximum absolute atomic E-state index is 11.7. The molecule has 2 aliphatic heterocycles. The molecule has 0 radical (unpaired) electrons. The molecule has 0 aliphatic carbocycles. The van der Waals surface area contributed by atoms with Crippen LogP contribution in [0.15, 0.2) is 0 Å². The second kappa shape index (κ2) is 5.80. The van der Waals surface area contributed by atoms with E-state index in [-0.39, 0.29) is 5.91 Å². The SMILES string of the molecule is CN(C)CCCN1CCN2C(=O)CNCC2C1. The molecular weight excluding hydrogens is 216 g/mol. The van der Waals surface area contributed by atoms with Gasteiger partial charge in [-0.2, -0.15) is 0 Å². The summed E-state index contributed by atoms with van der Waals surface area (Å²) >= 11 is 0. The fourth-order valence-electron chi connectivity index (χ4n) is 2.68. The molecule has 0 aromatic heterocycles. The van der Waals surface area contributed by atoms with Gasteiger partial charge in [-0.1, -0.05) is 0 Å². The van der Waals surface area contributed by atoms with Crippen molar-refractivity contribution in [1.82, 2.24) is 20.0 Å². The third-order valence-electron chi connectivity index (χ3n) is 3.62. The van der Waals surface area contributed by atoms with E-state index in [4.69, 9.17) is 0 Å². The molecule has 2 fully saturated rings. The number of nitrogens with zero attached hydrogens (tertiary/aromatic N) is 3. The topological polar surface area (TPSA) is 38.8 Å². The molecule has 1 amide bonds. The van der Waals surface area contributed by atoms with Crippen LogP contribution in [-0.4, -0.2) is 86.6 Å². The van der Waals surface area contributed by atoms with Gasteiger partial charge in [-0.25, -0.2) is 0 Å². The van der Waals surface area contributed by atoms with Crippen LogP contribution in [0.1, 0.15) is 6.42 Å². The molecule has 2 aliphatic rings. The van der Waals surface area contributed by atoms with Crippen molar-refractivity contribution in [2.75, 3.05) is 59.9 Å². The zero-order valence-electron chi connectivity index (χ0n) is 11.0. The Bertz CT molecular complexity index is 269. The van der Waals surface area contributed by atoms with E-state index < -0.39 is 0 Å². The van der Waals surface area contributed by atoms with Crippen LogP contribution in [0.2, 0.25) is 0 Å². The molecule has 98 valence electrons. The number of amides is 1. The normalized spacial score (nSPS) is 26.4. The Morgan fingerprint density at radius 1 is 1.41 bits per heavy atom. The van der Waals surface area contributed by atoms with Crippen molar-refractivity contribution in [1.29, 1.82) is 0 Å². The van der Waals surface area contributed by atoms with E-state index in [9.17, 15) is 4.79 Å². The Morgan fingerprint density at radius 3 is 3.00 bits per heavy atom. The first-order chi connectivity index (χ1) is 8.16. The lowest BCUT2D eigenvalue weighted by atomic mass is 10.1. The van der Waals surface area contributed by atoms with E-state index in [2.05, 4.69) is 34.1 Å². The average Bonchev–Trinajstić information content (AvgIpc) is 2.29. The van der Waals surface area contributed by atoms with E-state index in [1.165, 1.54) is 6.42 Å². The van der Waals surface area contributed by atoms with Crippen molar-refractivity contribution in [3.63, 3.8) is 0 Å². The second-order valence-electron chi connectivity index (χ2n) is 5.33. The van der Waals surface area contributed by atoms with Gasteiger partial charge in [-0.05, 0) is 33.6 Å². The molecule has 0 aromatic rings. The molecule has 17 heavy (non-hydrogen) atoms. The quantitative estimate of drug-likeness (QED) is 0.688. The highest BCUT2D eigenvalue weighted by Gasteiger charge is 2.32. The van der Waals surface area contributed by atoms with Gasteiger partial charge in [0.05, 0.1) is 12.6 Å². The Hall–Kier alpha value is -0.650. The number of nitrogens with one attached hydrogen (secondary N) is 1. The van der Waals surface area contributed by atoms with Gasteiger partial charge in [0.2, 0.25) is 5.91 Å². The van der Waals surface area contributed by atoms with E-state index in [1.54, 1.807) is 0 Å². The minimum absolute atomic E-state index is 0.272. The molecule has 5 nitrogen and oxygen atoms in total. The van der Waals surface area contributed by atoms with Gasteiger partial charge in [0.1, 0.15) is 0 Å². The summed E-state index contributed by atoms with van der Waals surface area (Å²) < 4.78 is 0. The van der Waals surface area contributed by atoms with Gasteiger partial charge in [0.15, 0.2) is 0 Å². The molecular formula is C12H24N4O. The third-order valence-corrected chi connectivity index (χ3v) is 3.62. The van der Waals surface area contributed by atoms with Crippen LogP contribution in [0.5, 0.6) is 0 Å². The lowest BCUT2D eigenvalue weighted by molar-refractivity contribution is -0.137. The molecule has 1 N–H and O–H groups in total. The number of hydrogen-bond donors (Lipinski definition) is 1. The largest absolute Gasteiger partial charge is 0.335 e. The molecule has 2 saturated heterocycles. The number of carbonyl (C=O) groups is 1. The molecule has 1 atom stereocenters. The zero-order valence-corrected chi connectivity index (χ0v) is 11.0. The smallest absolute Gasteiger partial charge is 0.236 e. The van der Waals surface area contributed by atoms with Crippen LogP contribution in [-0.2, 0) is 4.79 Å². The summed E-state index contributed by atoms with van der Waals surface area (Å²) in [7, 11) is 4.23. The summed E-state index contributed by atoms with van der Waals surface area (Å²) in [6, 6.07) is 0.393. The standard InChI is InChI=1S/C12H24N4O/c1-14(2)4-3-5-15-6-7-16-11(10-15)8-13-9-12(16)17/h11,13H,3-10H2,1-2H3. The fourth-order valence-corrected chi connectivity index (χ4v) is 2.68. The number of fused-ring (bicyclic) bond motifs is 1. The van der Waals surface area contributed by atoms with Gasteiger partial charge in [-0.3, -0.25) is 9.69 Å². The molecule has 0 bridgehead atoms. The second-order valence-corrected chi connectivity index (χ2v) is 5.33. The van der Waals surface area contributed by atoms with Crippen LogP contribution >= 0.6 is 0 Å². The van der Waals surface area contributed by atoms with Gasteiger partial charge in [-0.15, -0.1) is 0 Å². The van der Waals surface area contributed by atoms with E-state index in [0.29, 0.717) is 12.6 Å². The number of piperazine rings is 2. The highest BCUT2D eigenvalue weighted by molar-refractivity contribution is 5.79. The Kier molecular flexibility index (Phi) is 4.36. The van der Waals surface area contributed by atoms with Crippen LogP contribution in [0, 0.1) is 0 Å². The lowest BCUT2D eigenvalue weighted by Crippen LogP contribution is -2.63. The maximum Gasteiger partial charge on any atom is 0.236 e. The van der Waals surface area contributed by atoms with Crippen molar-refractivity contribution >= 4 is 5.91 Å². The van der Waals surface area contributed by atoms with E-state index in [0.717, 1.165) is 39.3 Å². The maximum atomic E-state index is 11.7. The van der Waals surface area contributed by atoms with Gasteiger partial charge in [0.25, 0.3) is 0 Å². The molecule has 0 aromatic carbocycles. The summed E-state index contributed by atoms with van der Waals surface area (Å²) in [6.45, 7) is 6.75. The van der Waals surface area contributed by atoms with Crippen LogP contribution in [0.25, 0.3) is 0 Å². The summed E-state index contributed by atoms with van der Waals surface area (Å²) in [5.41, 5.74) is 0. The average molecular weight is 240 g/mol. The van der Waals surface area contributed by atoms with Gasteiger partial charge < -0.3 is 15.1 Å². The summed E-state index contributed by atoms with van der Waals surface area (Å²) in [6.07, 6.45) is 1.21. The number of hydrogen-bond acceptors (Lipinski definition) is 4. The number of rotatable bonds is 4. The summed E-state index contributed by atoms with van der Waals surface area (Å²) in [5.74, 6) is 0.272. The molecule has 0 saturated carbocycles. The van der Waals surface area contributed by atoms with Crippen LogP contribution in [0.4, 0.5) is 0 Å². The third kappa shape index (κ3) is 3.40. The van der Waals surface area contributed by atoms with Crippen molar-refractivity contribution in [2.24, 2.45) is 0 Å². The minimum atomic E-state index is 0.272. The molecule has 2 rings (SSSR count). The van der Waals surface area contributed by atoms with Crippen molar-refractivity contribution < 1.29 is 4.79 Å². The fraction of sp³-hybridized carbons (Fsp3) is 0.917. The Balaban J connectivity index is 1.75. The summed E-state index contributed by atoms with van der Waals surface area (Å²) in [5, 5.41) is 3.20. The van der Waals surface area contributed by atoms with Crippen molar-refractivity contribution in [2.45, 2.75) is 12.5 Å². The predicted molar refractivity (Wildman–Crippen MR) is 68.0 cm³/mol. The van der Waals surface area contributed by atoms with Crippen molar-refractivity contribution in [3.05, 3.63) is 0 Å². The monoisotopic (exact) mass is 240 g/mol. The zero-order chi connectivity index (χ0) is 12.3. The predicted octanol–water partition coefficient (Wildman–Crippen LogP) is -0.946. The number of carbonyl (C=O) groups excluding carboxylic acids is 1. The first-order valence-electron chi connectivity index (χ1n) is 6.54. The molecule has 5 heteroatoms. The molecule has 2 heterocycles. The van der Waals surface area contributed by atoms with E-state index in [1.807, 2.05) is 0 Å². The minimum Gasteiger partial charge on any atom is -0.335 e. The van der Waals surface area contributed by atoms with Crippen LogP contribution in [0.3, 0.4) is 0 Å². The lowest BCUT2D eigenvalue weighted by Gasteiger charge is -2.44. The first kappa shape index (κ1) is 12.8. The Labute approximate surface area is 104 Å². The highest BCUT2D eigenvalue weighted by Crippen LogP contribution is 2.12. The van der Waals surface area contributed by atoms with Crippen LogP contribution < -0.4 is 5.32 Å². The summed E-state index contributed by atoms with van der Waals surface area (Å²) in [4.78, 5) is 18.4. The van der Waals surface area contributed by atoms with Gasteiger partial charge in [0, 0.05) is 26.2 Å².